The molecule has 3 aromatic heterocycles. The number of nitrogens with one attached hydrogen (secondary N) is 2. The Morgan fingerprint density at radius 3 is 2.74 bits per heavy atom. The van der Waals surface area contributed by atoms with Gasteiger partial charge in [0.05, 0.1) is 12.1 Å². The van der Waals surface area contributed by atoms with Gasteiger partial charge in [0, 0.05) is 41.9 Å². The van der Waals surface area contributed by atoms with Crippen molar-refractivity contribution in [2.24, 2.45) is 5.92 Å². The molecule has 9 nitrogen and oxygen atoms in total. The third-order valence-electron chi connectivity index (χ3n) is 8.45. The van der Waals surface area contributed by atoms with E-state index in [1.54, 1.807) is 6.33 Å². The average molecular weight is 525 g/mol. The molecule has 0 unspecified atom stereocenters. The molecule has 0 atom stereocenters. The van der Waals surface area contributed by atoms with Crippen molar-refractivity contribution in [1.29, 1.82) is 0 Å². The predicted octanol–water partition coefficient (Wildman–Crippen LogP) is 4.75. The monoisotopic (exact) mass is 524 g/mol. The van der Waals surface area contributed by atoms with Gasteiger partial charge in [0.2, 0.25) is 0 Å². The van der Waals surface area contributed by atoms with E-state index in [4.69, 9.17) is 9.72 Å². The Morgan fingerprint density at radius 1 is 1.03 bits per heavy atom. The van der Waals surface area contributed by atoms with E-state index in [2.05, 4.69) is 73.3 Å². The molecule has 1 aliphatic carbocycles. The molecule has 0 radical (unpaired) electrons. The highest BCUT2D eigenvalue weighted by Crippen LogP contribution is 2.39. The van der Waals surface area contributed by atoms with Crippen molar-refractivity contribution >= 4 is 22.8 Å². The van der Waals surface area contributed by atoms with Crippen LogP contribution >= 0.6 is 0 Å². The molecule has 9 heteroatoms. The van der Waals surface area contributed by atoms with E-state index in [0.29, 0.717) is 18.4 Å². The average Bonchev–Trinajstić information content (AvgIpc) is 3.75. The maximum absolute atomic E-state index is 6.17. The van der Waals surface area contributed by atoms with Crippen LogP contribution in [-0.2, 0) is 6.54 Å². The highest BCUT2D eigenvalue weighted by atomic mass is 16.5. The molecule has 0 spiro atoms. The molecule has 2 aliphatic heterocycles. The fourth-order valence-corrected chi connectivity index (χ4v) is 5.83. The third kappa shape index (κ3) is 5.03. The summed E-state index contributed by atoms with van der Waals surface area (Å²) >= 11 is 0. The van der Waals surface area contributed by atoms with Crippen molar-refractivity contribution < 1.29 is 4.74 Å². The zero-order valence-electron chi connectivity index (χ0n) is 22.8. The van der Waals surface area contributed by atoms with E-state index in [9.17, 15) is 0 Å². The number of pyridine rings is 1. The minimum atomic E-state index is 0.577. The number of rotatable bonds is 6. The number of ether oxygens (including phenoxy) is 1. The highest BCUT2D eigenvalue weighted by Gasteiger charge is 2.27. The number of benzene rings is 1. The van der Waals surface area contributed by atoms with Gasteiger partial charge < -0.3 is 24.8 Å². The second-order valence-electron chi connectivity index (χ2n) is 11.4. The first-order valence-corrected chi connectivity index (χ1v) is 14.2. The quantitative estimate of drug-likeness (QED) is 0.373. The molecule has 7 rings (SSSR count). The van der Waals surface area contributed by atoms with Crippen LogP contribution in [0.4, 0.5) is 11.6 Å². The van der Waals surface area contributed by atoms with Gasteiger partial charge in [0.25, 0.3) is 0 Å². The molecule has 1 saturated heterocycles. The molecule has 202 valence electrons. The molecular weight excluding hydrogens is 488 g/mol. The van der Waals surface area contributed by atoms with Gasteiger partial charge >= 0.3 is 0 Å². The van der Waals surface area contributed by atoms with Crippen LogP contribution in [0.1, 0.15) is 48.6 Å². The van der Waals surface area contributed by atoms with Crippen molar-refractivity contribution in [3.05, 3.63) is 53.7 Å². The summed E-state index contributed by atoms with van der Waals surface area (Å²) in [4.78, 5) is 26.8. The number of likely N-dealkylation sites (tertiary alicyclic amines) is 1. The van der Waals surface area contributed by atoms with Crippen LogP contribution in [0.25, 0.3) is 22.3 Å². The number of fused-ring (bicyclic) bond motifs is 2. The number of H-pyrrole nitrogens is 1. The van der Waals surface area contributed by atoms with Crippen LogP contribution in [-0.4, -0.2) is 69.7 Å². The predicted molar refractivity (Wildman–Crippen MR) is 153 cm³/mol. The Labute approximate surface area is 229 Å². The lowest BCUT2D eigenvalue weighted by Gasteiger charge is -2.29. The van der Waals surface area contributed by atoms with Crippen LogP contribution in [0.5, 0.6) is 5.75 Å². The zero-order valence-corrected chi connectivity index (χ0v) is 22.8. The van der Waals surface area contributed by atoms with Gasteiger partial charge in [-0.1, -0.05) is 6.07 Å². The summed E-state index contributed by atoms with van der Waals surface area (Å²) in [7, 11) is 2.20. The number of piperidine rings is 1. The molecule has 0 bridgehead atoms. The molecule has 0 amide bonds. The summed E-state index contributed by atoms with van der Waals surface area (Å²) in [5, 5.41) is 3.63. The van der Waals surface area contributed by atoms with Gasteiger partial charge in [-0.15, -0.1) is 0 Å². The van der Waals surface area contributed by atoms with Crippen LogP contribution in [0, 0.1) is 12.8 Å². The Bertz CT molecular complexity index is 1490. The van der Waals surface area contributed by atoms with Crippen LogP contribution < -0.4 is 15.0 Å². The number of aromatic nitrogens is 5. The minimum absolute atomic E-state index is 0.577. The van der Waals surface area contributed by atoms with E-state index < -0.39 is 0 Å². The number of hydrogen-bond donors (Lipinski definition) is 2. The lowest BCUT2D eigenvalue weighted by molar-refractivity contribution is 0.226. The Kier molecular flexibility index (Phi) is 6.31. The van der Waals surface area contributed by atoms with E-state index in [1.165, 1.54) is 38.8 Å². The summed E-state index contributed by atoms with van der Waals surface area (Å²) in [5.74, 6) is 5.16. The fraction of sp³-hybridized carbons (Fsp3) is 0.467. The van der Waals surface area contributed by atoms with Gasteiger partial charge in [-0.2, -0.15) is 0 Å². The SMILES string of the molecule is Cc1c(NCC2CCN(C)CC2)ncnc1N1CCOc2ccc(-c3cnc4nc(C5CC5)[nH]c4c3)cc2C1. The number of imidazole rings is 1. The Balaban J connectivity index is 1.11. The summed E-state index contributed by atoms with van der Waals surface area (Å²) < 4.78 is 6.17. The number of nitrogens with zero attached hydrogens (tertiary/aromatic N) is 6. The molecule has 1 aromatic carbocycles. The first kappa shape index (κ1) is 24.3. The smallest absolute Gasteiger partial charge is 0.177 e. The molecule has 3 aliphatic rings. The molecule has 1 saturated carbocycles. The molecule has 2 N–H and O–H groups in total. The lowest BCUT2D eigenvalue weighted by Crippen LogP contribution is -2.33. The molecular formula is C30H36N8O. The highest BCUT2D eigenvalue weighted by molar-refractivity contribution is 5.78. The normalized spacial score (nSPS) is 18.6. The van der Waals surface area contributed by atoms with Gasteiger partial charge in [0.1, 0.15) is 36.1 Å². The van der Waals surface area contributed by atoms with Gasteiger partial charge in [-0.25, -0.2) is 19.9 Å². The number of anilines is 2. The zero-order chi connectivity index (χ0) is 26.3. The molecule has 39 heavy (non-hydrogen) atoms. The standard InChI is InChI=1S/C30H36N8O/c1-19-27(31-15-20-7-9-37(2)10-8-20)33-18-34-30(19)38-11-12-39-26-6-5-22(13-24(26)17-38)23-14-25-29(32-16-23)36-28(35-25)21-3-4-21/h5-6,13-14,16,18,20-21H,3-4,7-12,15,17H2,1-2H3,(H,31,33,34)(H,32,35,36). The number of aromatic amines is 1. The van der Waals surface area contributed by atoms with Crippen LogP contribution in [0.15, 0.2) is 36.8 Å². The first-order chi connectivity index (χ1) is 19.1. The number of hydrogen-bond acceptors (Lipinski definition) is 8. The van der Waals surface area contributed by atoms with E-state index in [1.807, 2.05) is 6.20 Å². The maximum Gasteiger partial charge on any atom is 0.177 e. The van der Waals surface area contributed by atoms with Gasteiger partial charge in [0.15, 0.2) is 5.65 Å². The van der Waals surface area contributed by atoms with Gasteiger partial charge in [-0.05, 0) is 82.4 Å². The maximum atomic E-state index is 6.17. The van der Waals surface area contributed by atoms with E-state index >= 15 is 0 Å². The fourth-order valence-electron chi connectivity index (χ4n) is 5.83. The van der Waals surface area contributed by atoms with E-state index in [-0.39, 0.29) is 0 Å². The summed E-state index contributed by atoms with van der Waals surface area (Å²) in [6.45, 7) is 7.52. The van der Waals surface area contributed by atoms with Crippen molar-refractivity contribution in [2.75, 3.05) is 50.1 Å². The van der Waals surface area contributed by atoms with Crippen LogP contribution in [0.2, 0.25) is 0 Å². The first-order valence-electron chi connectivity index (χ1n) is 14.2. The second-order valence-corrected chi connectivity index (χ2v) is 11.4. The minimum Gasteiger partial charge on any atom is -0.491 e. The molecule has 2 fully saturated rings. The molecule has 4 aromatic rings. The molecule has 5 heterocycles. The Morgan fingerprint density at radius 2 is 1.90 bits per heavy atom. The largest absolute Gasteiger partial charge is 0.491 e. The van der Waals surface area contributed by atoms with E-state index in [0.717, 1.165) is 76.3 Å². The van der Waals surface area contributed by atoms with Gasteiger partial charge in [-0.3, -0.25) is 0 Å². The summed E-state index contributed by atoms with van der Waals surface area (Å²) in [6.07, 6.45) is 8.50. The third-order valence-corrected chi connectivity index (χ3v) is 8.45. The van der Waals surface area contributed by atoms with Crippen molar-refractivity contribution in [2.45, 2.75) is 45.1 Å². The summed E-state index contributed by atoms with van der Waals surface area (Å²) in [5.41, 5.74) is 6.22. The van der Waals surface area contributed by atoms with Crippen molar-refractivity contribution in [3.8, 4) is 16.9 Å². The topological polar surface area (TPSA) is 95.1 Å². The Hall–Kier alpha value is -3.72. The second kappa shape index (κ2) is 10.1. The van der Waals surface area contributed by atoms with Crippen LogP contribution in [0.3, 0.4) is 0 Å². The summed E-state index contributed by atoms with van der Waals surface area (Å²) in [6, 6.07) is 8.60. The van der Waals surface area contributed by atoms with Crippen molar-refractivity contribution in [3.63, 3.8) is 0 Å². The van der Waals surface area contributed by atoms with Crippen molar-refractivity contribution in [1.82, 2.24) is 29.8 Å². The lowest BCUT2D eigenvalue weighted by atomic mass is 9.97.